The normalized spacial score (nSPS) is 22.1. The monoisotopic (exact) mass is 469 g/mol. The first-order chi connectivity index (χ1) is 15.8. The second kappa shape index (κ2) is 8.33. The molecule has 2 fully saturated rings. The van der Waals surface area contributed by atoms with E-state index in [1.54, 1.807) is 22.8 Å². The number of nitrogens with zero attached hydrogens (tertiary/aromatic N) is 2. The molecule has 1 aliphatic carbocycles. The third kappa shape index (κ3) is 3.99. The summed E-state index contributed by atoms with van der Waals surface area (Å²) in [4.78, 5) is 15.7. The van der Waals surface area contributed by atoms with Gasteiger partial charge >= 0.3 is 5.69 Å². The Bertz CT molecular complexity index is 1310. The van der Waals surface area contributed by atoms with Crippen LogP contribution in [0.3, 0.4) is 0 Å². The quantitative estimate of drug-likeness (QED) is 0.546. The van der Waals surface area contributed by atoms with Gasteiger partial charge in [-0.25, -0.2) is 13.2 Å². The SMILES string of the molecule is CCc1ccc(N(CC(C)C)S(=O)(=O)c2ccc3c(c2)[nH]c(=O)n3CC2[C@H]3COC[C@@H]23)cc1. The maximum Gasteiger partial charge on any atom is 0.326 e. The summed E-state index contributed by atoms with van der Waals surface area (Å²) in [5, 5.41) is 0. The van der Waals surface area contributed by atoms with E-state index in [-0.39, 0.29) is 16.5 Å². The molecule has 0 spiro atoms. The molecular formula is C25H31N3O4S. The highest BCUT2D eigenvalue weighted by atomic mass is 32.2. The number of benzene rings is 2. The van der Waals surface area contributed by atoms with E-state index in [0.717, 1.165) is 30.7 Å². The predicted molar refractivity (Wildman–Crippen MR) is 129 cm³/mol. The number of aromatic nitrogens is 2. The molecule has 3 atom stereocenters. The van der Waals surface area contributed by atoms with Crippen molar-refractivity contribution < 1.29 is 13.2 Å². The van der Waals surface area contributed by atoms with Gasteiger partial charge in [0.1, 0.15) is 0 Å². The van der Waals surface area contributed by atoms with E-state index in [1.807, 2.05) is 38.1 Å². The Morgan fingerprint density at radius 3 is 2.45 bits per heavy atom. The summed E-state index contributed by atoms with van der Waals surface area (Å²) in [7, 11) is -3.80. The molecule has 0 bridgehead atoms. The number of rotatable bonds is 8. The van der Waals surface area contributed by atoms with E-state index >= 15 is 0 Å². The predicted octanol–water partition coefficient (Wildman–Crippen LogP) is 3.64. The van der Waals surface area contributed by atoms with Crippen molar-refractivity contribution in [3.63, 3.8) is 0 Å². The van der Waals surface area contributed by atoms with Gasteiger partial charge in [-0.05, 0) is 66.0 Å². The Morgan fingerprint density at radius 1 is 1.12 bits per heavy atom. The number of aryl methyl sites for hydroxylation is 1. The molecule has 2 heterocycles. The fourth-order valence-corrected chi connectivity index (χ4v) is 6.68. The van der Waals surface area contributed by atoms with Crippen LogP contribution in [-0.2, 0) is 27.7 Å². The van der Waals surface area contributed by atoms with Gasteiger partial charge in [-0.15, -0.1) is 0 Å². The summed E-state index contributed by atoms with van der Waals surface area (Å²) in [5.41, 5.74) is 2.91. The van der Waals surface area contributed by atoms with E-state index in [4.69, 9.17) is 4.74 Å². The van der Waals surface area contributed by atoms with Gasteiger partial charge in [0.05, 0.1) is 34.8 Å². The molecule has 1 aromatic heterocycles. The van der Waals surface area contributed by atoms with Crippen molar-refractivity contribution in [3.8, 4) is 0 Å². The zero-order valence-electron chi connectivity index (χ0n) is 19.3. The standard InChI is InChI=1S/C25H31N3O4S/c1-4-17-5-7-18(8-6-17)28(12-16(2)3)33(30,31)19-9-10-24-23(11-19)26-25(29)27(24)13-20-21-14-32-15-22(20)21/h5-11,16,20-22H,4,12-15H2,1-3H3,(H,26,29)/t20?,21-,22+. The van der Waals surface area contributed by atoms with Gasteiger partial charge in [0.15, 0.2) is 0 Å². The minimum absolute atomic E-state index is 0.150. The molecule has 8 heteroatoms. The highest BCUT2D eigenvalue weighted by Gasteiger charge is 2.53. The lowest BCUT2D eigenvalue weighted by Gasteiger charge is -2.26. The molecule has 0 amide bonds. The van der Waals surface area contributed by atoms with Crippen LogP contribution in [0.4, 0.5) is 5.69 Å². The van der Waals surface area contributed by atoms with Crippen LogP contribution < -0.4 is 9.99 Å². The molecule has 1 N–H and O–H groups in total. The average Bonchev–Trinajstić information content (AvgIpc) is 3.10. The number of hydrogen-bond donors (Lipinski definition) is 1. The number of H-pyrrole nitrogens is 1. The first kappa shape index (κ1) is 22.2. The first-order valence-corrected chi connectivity index (χ1v) is 13.2. The number of aromatic amines is 1. The van der Waals surface area contributed by atoms with Crippen LogP contribution in [-0.4, -0.2) is 37.7 Å². The summed E-state index contributed by atoms with van der Waals surface area (Å²) in [6.45, 7) is 8.65. The third-order valence-electron chi connectivity index (χ3n) is 7.02. The third-order valence-corrected chi connectivity index (χ3v) is 8.81. The Labute approximate surface area is 194 Å². The molecule has 3 aromatic rings. The van der Waals surface area contributed by atoms with Gasteiger partial charge in [-0.3, -0.25) is 8.87 Å². The van der Waals surface area contributed by atoms with Crippen molar-refractivity contribution in [1.82, 2.24) is 9.55 Å². The largest absolute Gasteiger partial charge is 0.381 e. The van der Waals surface area contributed by atoms with Gasteiger partial charge in [0.2, 0.25) is 0 Å². The molecule has 1 aliphatic heterocycles. The van der Waals surface area contributed by atoms with Crippen molar-refractivity contribution in [2.24, 2.45) is 23.7 Å². The molecule has 33 heavy (non-hydrogen) atoms. The lowest BCUT2D eigenvalue weighted by Crippen LogP contribution is -2.34. The number of hydrogen-bond acceptors (Lipinski definition) is 4. The van der Waals surface area contributed by atoms with Gasteiger partial charge in [-0.2, -0.15) is 0 Å². The van der Waals surface area contributed by atoms with E-state index < -0.39 is 10.0 Å². The lowest BCUT2D eigenvalue weighted by atomic mass is 10.1. The number of sulfonamides is 1. The molecule has 2 aromatic carbocycles. The Hall–Kier alpha value is -2.58. The molecule has 2 aliphatic rings. The average molecular weight is 470 g/mol. The second-order valence-corrected chi connectivity index (χ2v) is 11.6. The maximum atomic E-state index is 13.7. The Balaban J connectivity index is 1.48. The van der Waals surface area contributed by atoms with Crippen LogP contribution in [0.2, 0.25) is 0 Å². The molecule has 5 rings (SSSR count). The topological polar surface area (TPSA) is 84.4 Å². The van der Waals surface area contributed by atoms with Crippen LogP contribution in [0.5, 0.6) is 0 Å². The molecule has 176 valence electrons. The molecule has 0 radical (unpaired) electrons. The molecular weight excluding hydrogens is 438 g/mol. The van der Waals surface area contributed by atoms with Crippen LogP contribution in [0, 0.1) is 23.7 Å². The van der Waals surface area contributed by atoms with Gasteiger partial charge in [-0.1, -0.05) is 32.9 Å². The molecule has 1 saturated heterocycles. The van der Waals surface area contributed by atoms with E-state index in [2.05, 4.69) is 11.9 Å². The van der Waals surface area contributed by atoms with E-state index in [1.165, 1.54) is 4.31 Å². The van der Waals surface area contributed by atoms with Crippen LogP contribution >= 0.6 is 0 Å². The number of fused-ring (bicyclic) bond motifs is 2. The number of imidazole rings is 1. The van der Waals surface area contributed by atoms with Gasteiger partial charge in [0.25, 0.3) is 10.0 Å². The van der Waals surface area contributed by atoms with Crippen LogP contribution in [0.15, 0.2) is 52.2 Å². The second-order valence-electron chi connectivity index (χ2n) is 9.70. The fraction of sp³-hybridized carbons (Fsp3) is 0.480. The summed E-state index contributed by atoms with van der Waals surface area (Å²) in [6, 6.07) is 12.6. The smallest absolute Gasteiger partial charge is 0.326 e. The fourth-order valence-electron chi connectivity index (χ4n) is 5.02. The lowest BCUT2D eigenvalue weighted by molar-refractivity contribution is 0.148. The Kier molecular flexibility index (Phi) is 5.61. The minimum atomic E-state index is -3.80. The van der Waals surface area contributed by atoms with Gasteiger partial charge < -0.3 is 9.72 Å². The van der Waals surface area contributed by atoms with Crippen molar-refractivity contribution in [2.45, 2.75) is 38.6 Å². The summed E-state index contributed by atoms with van der Waals surface area (Å²) >= 11 is 0. The van der Waals surface area contributed by atoms with E-state index in [0.29, 0.717) is 42.0 Å². The summed E-state index contributed by atoms with van der Waals surface area (Å²) < 4.78 is 36.1. The molecule has 7 nitrogen and oxygen atoms in total. The zero-order valence-corrected chi connectivity index (χ0v) is 20.1. The summed E-state index contributed by atoms with van der Waals surface area (Å²) in [6.07, 6.45) is 0.896. The first-order valence-electron chi connectivity index (χ1n) is 11.7. The van der Waals surface area contributed by atoms with Crippen LogP contribution in [0.1, 0.15) is 26.3 Å². The molecule has 1 unspecified atom stereocenters. The highest BCUT2D eigenvalue weighted by Crippen LogP contribution is 2.51. The van der Waals surface area contributed by atoms with Crippen molar-refractivity contribution in [2.75, 3.05) is 24.1 Å². The molecule has 1 saturated carbocycles. The minimum Gasteiger partial charge on any atom is -0.381 e. The van der Waals surface area contributed by atoms with Crippen molar-refractivity contribution >= 4 is 26.7 Å². The van der Waals surface area contributed by atoms with E-state index in [9.17, 15) is 13.2 Å². The Morgan fingerprint density at radius 2 is 1.82 bits per heavy atom. The highest BCUT2D eigenvalue weighted by molar-refractivity contribution is 7.92. The van der Waals surface area contributed by atoms with Crippen molar-refractivity contribution in [1.29, 1.82) is 0 Å². The zero-order chi connectivity index (χ0) is 23.3. The number of anilines is 1. The number of nitrogens with one attached hydrogen (secondary N) is 1. The van der Waals surface area contributed by atoms with Crippen molar-refractivity contribution in [3.05, 3.63) is 58.5 Å². The number of ether oxygens (including phenoxy) is 1. The maximum absolute atomic E-state index is 13.7. The van der Waals surface area contributed by atoms with Crippen LogP contribution in [0.25, 0.3) is 11.0 Å². The van der Waals surface area contributed by atoms with Gasteiger partial charge in [0, 0.05) is 13.1 Å². The summed E-state index contributed by atoms with van der Waals surface area (Å²) in [5.74, 6) is 1.71.